The summed E-state index contributed by atoms with van der Waals surface area (Å²) in [5.74, 6) is 3.80. The Kier molecular flexibility index (Phi) is 4.23. The monoisotopic (exact) mass is 364 g/mol. The molecule has 0 aliphatic carbocycles. The van der Waals surface area contributed by atoms with Gasteiger partial charge in [-0.2, -0.15) is 4.99 Å². The Balaban J connectivity index is 1.75. The fourth-order valence-corrected chi connectivity index (χ4v) is 3.99. The molecule has 1 aromatic heterocycles. The number of rotatable bonds is 3. The van der Waals surface area contributed by atoms with Gasteiger partial charge in [-0.1, -0.05) is 47.1 Å². The number of aryl methyl sites for hydroxylation is 1. The van der Waals surface area contributed by atoms with E-state index in [1.54, 1.807) is 0 Å². The van der Waals surface area contributed by atoms with Gasteiger partial charge in [0.25, 0.3) is 5.91 Å². The van der Waals surface area contributed by atoms with E-state index < -0.39 is 0 Å². The van der Waals surface area contributed by atoms with E-state index in [9.17, 15) is 4.79 Å². The second kappa shape index (κ2) is 6.70. The average Bonchev–Trinajstić information content (AvgIpc) is 3.17. The van der Waals surface area contributed by atoms with E-state index in [-0.39, 0.29) is 19.1 Å². The number of carbonyl (C=O) groups excluding carboxylic acids is 1. The quantitative estimate of drug-likeness (QED) is 0.671. The Morgan fingerprint density at radius 1 is 1.31 bits per heavy atom. The van der Waals surface area contributed by atoms with Gasteiger partial charge in [-0.15, -0.1) is 6.42 Å². The summed E-state index contributed by atoms with van der Waals surface area (Å²) in [5, 5.41) is 0. The Morgan fingerprint density at radius 2 is 2.12 bits per heavy atom. The van der Waals surface area contributed by atoms with E-state index in [0.29, 0.717) is 22.8 Å². The van der Waals surface area contributed by atoms with Crippen molar-refractivity contribution >= 4 is 27.5 Å². The molecule has 6 heteroatoms. The molecule has 2 heterocycles. The molecule has 0 saturated heterocycles. The molecule has 0 saturated carbocycles. The predicted molar refractivity (Wildman–Crippen MR) is 100 cm³/mol. The van der Waals surface area contributed by atoms with Crippen LogP contribution in [0, 0.1) is 19.3 Å². The van der Waals surface area contributed by atoms with Crippen LogP contribution < -0.4 is 14.3 Å². The highest BCUT2D eigenvalue weighted by Gasteiger charge is 2.17. The van der Waals surface area contributed by atoms with Gasteiger partial charge in [-0.3, -0.25) is 4.79 Å². The molecule has 0 N–H and O–H groups in total. The fraction of sp³-hybridized carbons (Fsp3) is 0.200. The number of hydrogen-bond donors (Lipinski definition) is 0. The van der Waals surface area contributed by atoms with Crippen LogP contribution in [0.5, 0.6) is 11.5 Å². The summed E-state index contributed by atoms with van der Waals surface area (Å²) >= 11 is 1.42. The fourth-order valence-electron chi connectivity index (χ4n) is 2.93. The first-order chi connectivity index (χ1) is 12.6. The highest BCUT2D eigenvalue weighted by Crippen LogP contribution is 2.36. The first-order valence-electron chi connectivity index (χ1n) is 8.13. The number of carbonyl (C=O) groups is 1. The Labute approximate surface area is 154 Å². The topological polar surface area (TPSA) is 52.8 Å². The third kappa shape index (κ3) is 3.09. The molecule has 0 unspecified atom stereocenters. The van der Waals surface area contributed by atoms with Crippen LogP contribution >= 0.6 is 11.3 Å². The van der Waals surface area contributed by atoms with Crippen molar-refractivity contribution in [3.8, 4) is 23.8 Å². The third-order valence-electron chi connectivity index (χ3n) is 4.08. The largest absolute Gasteiger partial charge is 0.454 e. The summed E-state index contributed by atoms with van der Waals surface area (Å²) in [7, 11) is 0. The van der Waals surface area contributed by atoms with E-state index in [4.69, 9.17) is 15.9 Å². The number of nitrogens with zero attached hydrogens (tertiary/aromatic N) is 2. The smallest absolute Gasteiger partial charge is 0.252 e. The van der Waals surface area contributed by atoms with Crippen molar-refractivity contribution in [1.29, 1.82) is 0 Å². The number of aromatic nitrogens is 1. The SMILES string of the molecule is C#CCn1c(=NC(=O)Cc2cccc(C)c2)sc2cc3c(cc21)OCO3. The van der Waals surface area contributed by atoms with Crippen molar-refractivity contribution in [3.63, 3.8) is 0 Å². The van der Waals surface area contributed by atoms with Crippen LogP contribution in [-0.2, 0) is 17.8 Å². The summed E-state index contributed by atoms with van der Waals surface area (Å²) in [4.78, 5) is 17.3. The van der Waals surface area contributed by atoms with Crippen LogP contribution in [0.1, 0.15) is 11.1 Å². The van der Waals surface area contributed by atoms with Crippen LogP contribution in [0.25, 0.3) is 10.2 Å². The standard InChI is InChI=1S/C20H16N2O3S/c1-3-7-22-15-10-16-17(25-12-24-16)11-18(15)26-20(22)21-19(23)9-14-6-4-5-13(2)8-14/h1,4-6,8,10-11H,7,9,12H2,2H3. The lowest BCUT2D eigenvalue weighted by Crippen LogP contribution is -2.17. The molecule has 1 aliphatic rings. The average molecular weight is 364 g/mol. The number of fused-ring (bicyclic) bond motifs is 2. The number of benzene rings is 2. The van der Waals surface area contributed by atoms with Crippen LogP contribution in [-0.4, -0.2) is 17.3 Å². The number of hydrogen-bond acceptors (Lipinski definition) is 4. The van der Waals surface area contributed by atoms with Crippen molar-refractivity contribution in [2.45, 2.75) is 19.9 Å². The molecule has 2 aromatic carbocycles. The van der Waals surface area contributed by atoms with Crippen molar-refractivity contribution in [1.82, 2.24) is 4.57 Å². The van der Waals surface area contributed by atoms with Crippen LogP contribution in [0.2, 0.25) is 0 Å². The second-order valence-electron chi connectivity index (χ2n) is 6.02. The van der Waals surface area contributed by atoms with Gasteiger partial charge in [-0.05, 0) is 12.5 Å². The molecule has 4 rings (SSSR count). The van der Waals surface area contributed by atoms with E-state index in [1.165, 1.54) is 11.3 Å². The summed E-state index contributed by atoms with van der Waals surface area (Å²) in [6.45, 7) is 2.55. The number of amides is 1. The number of thiazole rings is 1. The Morgan fingerprint density at radius 3 is 2.88 bits per heavy atom. The summed E-state index contributed by atoms with van der Waals surface area (Å²) < 4.78 is 13.7. The molecule has 26 heavy (non-hydrogen) atoms. The molecule has 0 atom stereocenters. The van der Waals surface area contributed by atoms with E-state index in [1.807, 2.05) is 47.9 Å². The van der Waals surface area contributed by atoms with Crippen molar-refractivity contribution in [2.75, 3.05) is 6.79 Å². The molecule has 5 nitrogen and oxygen atoms in total. The first kappa shape index (κ1) is 16.4. The number of ether oxygens (including phenoxy) is 2. The van der Waals surface area contributed by atoms with E-state index >= 15 is 0 Å². The van der Waals surface area contributed by atoms with Crippen LogP contribution in [0.15, 0.2) is 41.4 Å². The zero-order chi connectivity index (χ0) is 18.1. The zero-order valence-electron chi connectivity index (χ0n) is 14.2. The lowest BCUT2D eigenvalue weighted by molar-refractivity contribution is -0.117. The molecular formula is C20H16N2O3S. The molecule has 1 aliphatic heterocycles. The van der Waals surface area contributed by atoms with Gasteiger partial charge >= 0.3 is 0 Å². The minimum absolute atomic E-state index is 0.201. The van der Waals surface area contributed by atoms with Gasteiger partial charge in [0.2, 0.25) is 6.79 Å². The molecule has 130 valence electrons. The maximum atomic E-state index is 12.5. The van der Waals surface area contributed by atoms with Crippen molar-refractivity contribution in [2.24, 2.45) is 4.99 Å². The Bertz CT molecular complexity index is 1120. The lowest BCUT2D eigenvalue weighted by atomic mass is 10.1. The minimum Gasteiger partial charge on any atom is -0.454 e. The first-order valence-corrected chi connectivity index (χ1v) is 8.95. The van der Waals surface area contributed by atoms with Crippen molar-refractivity contribution in [3.05, 3.63) is 52.3 Å². The predicted octanol–water partition coefficient (Wildman–Crippen LogP) is 3.04. The molecule has 3 aromatic rings. The van der Waals surface area contributed by atoms with Gasteiger partial charge in [0.1, 0.15) is 0 Å². The molecule has 0 bridgehead atoms. The van der Waals surface area contributed by atoms with Gasteiger partial charge in [0.05, 0.1) is 23.2 Å². The minimum atomic E-state index is -0.201. The van der Waals surface area contributed by atoms with Crippen LogP contribution in [0.4, 0.5) is 0 Å². The van der Waals surface area contributed by atoms with Gasteiger partial charge in [-0.25, -0.2) is 0 Å². The van der Waals surface area contributed by atoms with Gasteiger partial charge in [0, 0.05) is 12.1 Å². The summed E-state index contributed by atoms with van der Waals surface area (Å²) in [5.41, 5.74) is 2.96. The normalized spacial score (nSPS) is 13.2. The van der Waals surface area contributed by atoms with E-state index in [2.05, 4.69) is 10.9 Å². The van der Waals surface area contributed by atoms with Gasteiger partial charge < -0.3 is 14.0 Å². The molecule has 0 spiro atoms. The maximum absolute atomic E-state index is 12.5. The third-order valence-corrected chi connectivity index (χ3v) is 5.13. The van der Waals surface area contributed by atoms with Crippen molar-refractivity contribution < 1.29 is 14.3 Å². The second-order valence-corrected chi connectivity index (χ2v) is 7.03. The zero-order valence-corrected chi connectivity index (χ0v) is 15.0. The highest BCUT2D eigenvalue weighted by molar-refractivity contribution is 7.16. The number of terminal acetylenes is 1. The van der Waals surface area contributed by atoms with Crippen LogP contribution in [0.3, 0.4) is 0 Å². The lowest BCUT2D eigenvalue weighted by Gasteiger charge is -2.01. The molecule has 0 radical (unpaired) electrons. The highest BCUT2D eigenvalue weighted by atomic mass is 32.1. The summed E-state index contributed by atoms with van der Waals surface area (Å²) in [6, 6.07) is 11.7. The molecule has 0 fully saturated rings. The van der Waals surface area contributed by atoms with E-state index in [0.717, 1.165) is 21.3 Å². The van der Waals surface area contributed by atoms with Gasteiger partial charge in [0.15, 0.2) is 16.3 Å². The summed E-state index contributed by atoms with van der Waals surface area (Å²) in [6.07, 6.45) is 5.77. The molecule has 1 amide bonds. The maximum Gasteiger partial charge on any atom is 0.252 e. The molecular weight excluding hydrogens is 348 g/mol. The Hall–Kier alpha value is -3.04.